The average Bonchev–Trinajstić information content (AvgIpc) is 1.86. The lowest BCUT2D eigenvalue weighted by Crippen LogP contribution is -2.51. The van der Waals surface area contributed by atoms with Gasteiger partial charge < -0.3 is 20.3 Å². The van der Waals surface area contributed by atoms with Gasteiger partial charge in [-0.1, -0.05) is 5.72 Å². The van der Waals surface area contributed by atoms with Crippen molar-refractivity contribution < 1.29 is 20.3 Å². The van der Waals surface area contributed by atoms with Crippen molar-refractivity contribution in [1.82, 2.24) is 0 Å². The Morgan fingerprint density at radius 3 is 1.31 bits per heavy atom. The molecule has 0 heterocycles. The van der Waals surface area contributed by atoms with E-state index in [2.05, 4.69) is 0 Å². The molecule has 0 aromatic heterocycles. The minimum absolute atomic E-state index is 0.0625. The van der Waals surface area contributed by atoms with Crippen molar-refractivity contribution in [1.29, 1.82) is 0 Å². The van der Waals surface area contributed by atoms with Gasteiger partial charge in [-0.3, -0.25) is 0 Å². The fourth-order valence-electron chi connectivity index (χ4n) is 0.706. The minimum atomic E-state index is -1.03. The zero-order valence-corrected chi connectivity index (χ0v) is 9.07. The molecule has 0 aromatic rings. The van der Waals surface area contributed by atoms with Gasteiger partial charge in [-0.25, -0.2) is 0 Å². The van der Waals surface area contributed by atoms with Gasteiger partial charge in [0.2, 0.25) is 0 Å². The number of hydrogen-bond acceptors (Lipinski definition) is 4. The molecule has 0 spiro atoms. The van der Waals surface area contributed by atoms with Gasteiger partial charge in [-0.05, 0) is 20.8 Å². The topological polar surface area (TPSA) is 80.9 Å². The number of rotatable bonds is 2. The molecule has 0 aromatic carbocycles. The van der Waals surface area contributed by atoms with E-state index in [1.807, 2.05) is 15.7 Å². The van der Waals surface area contributed by atoms with Crippen molar-refractivity contribution in [3.63, 3.8) is 0 Å². The van der Waals surface area contributed by atoms with Crippen LogP contribution >= 0.6 is 0 Å². The van der Waals surface area contributed by atoms with Gasteiger partial charge in [0.1, 0.15) is 0 Å². The molecule has 13 heavy (non-hydrogen) atoms. The molecule has 4 nitrogen and oxygen atoms in total. The Bertz CT molecular complexity index is 132. The molecule has 1 unspecified atom stereocenters. The highest BCUT2D eigenvalue weighted by Crippen LogP contribution is 2.28. The van der Waals surface area contributed by atoms with Gasteiger partial charge in [0.25, 0.3) is 0 Å². The molecule has 0 saturated heterocycles. The third-order valence-corrected chi connectivity index (χ3v) is 2.36. The van der Waals surface area contributed by atoms with Crippen molar-refractivity contribution in [2.75, 3.05) is 0 Å². The molecule has 1 atom stereocenters. The van der Waals surface area contributed by atoms with E-state index in [4.69, 9.17) is 10.0 Å². The second kappa shape index (κ2) is 5.70. The summed E-state index contributed by atoms with van der Waals surface area (Å²) in [5.74, 6) is 0. The predicted octanol–water partition coefficient (Wildman–Crippen LogP) is -3.24. The van der Waals surface area contributed by atoms with E-state index in [9.17, 15) is 10.2 Å². The first kappa shape index (κ1) is 15.5. The summed E-state index contributed by atoms with van der Waals surface area (Å²) in [5, 5.41) is 33.4. The van der Waals surface area contributed by atoms with E-state index >= 15 is 0 Å². The molecule has 76 valence electrons. The SMILES string of the molecule is BC(B)C(C)(O)C(C)(C)O.OBO. The third-order valence-electron chi connectivity index (χ3n) is 2.36. The summed E-state index contributed by atoms with van der Waals surface area (Å²) in [7, 11) is 3.02. The van der Waals surface area contributed by atoms with Crippen LogP contribution in [0.15, 0.2) is 0 Å². The second-order valence-corrected chi connectivity index (χ2v) is 4.00. The molecule has 0 radical (unpaired) electrons. The van der Waals surface area contributed by atoms with Crippen LogP contribution in [0.1, 0.15) is 20.8 Å². The van der Waals surface area contributed by atoms with Crippen LogP contribution < -0.4 is 0 Å². The van der Waals surface area contributed by atoms with E-state index in [0.29, 0.717) is 0 Å². The maximum atomic E-state index is 9.68. The summed E-state index contributed by atoms with van der Waals surface area (Å²) in [5.41, 5.74) is -1.97. The molecule has 0 bridgehead atoms. The Balaban J connectivity index is 0. The Morgan fingerprint density at radius 2 is 1.31 bits per heavy atom. The molecule has 0 aliphatic rings. The van der Waals surface area contributed by atoms with Crippen LogP contribution in [0.25, 0.3) is 0 Å². The van der Waals surface area contributed by atoms with E-state index < -0.39 is 18.9 Å². The van der Waals surface area contributed by atoms with Crippen molar-refractivity contribution in [2.45, 2.75) is 37.7 Å². The van der Waals surface area contributed by atoms with Crippen LogP contribution in [0.2, 0.25) is 5.72 Å². The first-order chi connectivity index (χ1) is 5.61. The lowest BCUT2D eigenvalue weighted by atomic mass is 9.57. The molecule has 0 aliphatic heterocycles. The van der Waals surface area contributed by atoms with Crippen LogP contribution in [0.3, 0.4) is 0 Å². The highest BCUT2D eigenvalue weighted by atomic mass is 16.4. The third kappa shape index (κ3) is 5.36. The number of aliphatic hydroxyl groups is 2. The van der Waals surface area contributed by atoms with Crippen molar-refractivity contribution in [3.8, 4) is 0 Å². The van der Waals surface area contributed by atoms with Crippen LogP contribution in [0.5, 0.6) is 0 Å². The number of hydrogen-bond donors (Lipinski definition) is 4. The highest BCUT2D eigenvalue weighted by Gasteiger charge is 2.39. The van der Waals surface area contributed by atoms with E-state index in [1.54, 1.807) is 20.8 Å². The zero-order chi connectivity index (χ0) is 11.3. The highest BCUT2D eigenvalue weighted by molar-refractivity contribution is 6.36. The quantitative estimate of drug-likeness (QED) is 0.343. The van der Waals surface area contributed by atoms with Gasteiger partial charge in [-0.15, -0.1) is 0 Å². The molecule has 0 rings (SSSR count). The molecular formula is C6H19B3O4. The fourth-order valence-corrected chi connectivity index (χ4v) is 0.706. The minimum Gasteiger partial charge on any atom is -0.430 e. The zero-order valence-electron chi connectivity index (χ0n) is 9.07. The lowest BCUT2D eigenvalue weighted by molar-refractivity contribution is -0.112. The Kier molecular flexibility index (Phi) is 6.80. The van der Waals surface area contributed by atoms with Gasteiger partial charge >= 0.3 is 7.69 Å². The largest absolute Gasteiger partial charge is 0.432 e. The molecule has 0 fully saturated rings. The molecule has 0 aliphatic carbocycles. The van der Waals surface area contributed by atoms with Crippen molar-refractivity contribution >= 4 is 23.4 Å². The van der Waals surface area contributed by atoms with Crippen LogP contribution in [-0.4, -0.2) is 54.8 Å². The van der Waals surface area contributed by atoms with E-state index in [1.165, 1.54) is 0 Å². The van der Waals surface area contributed by atoms with Gasteiger partial charge in [0, 0.05) is 0 Å². The lowest BCUT2D eigenvalue weighted by Gasteiger charge is -2.39. The maximum Gasteiger partial charge on any atom is 0.432 e. The van der Waals surface area contributed by atoms with Crippen LogP contribution in [0, 0.1) is 0 Å². The van der Waals surface area contributed by atoms with E-state index in [-0.39, 0.29) is 5.72 Å². The Labute approximate surface area is 82.1 Å². The van der Waals surface area contributed by atoms with E-state index in [0.717, 1.165) is 0 Å². The van der Waals surface area contributed by atoms with Crippen molar-refractivity contribution in [2.24, 2.45) is 0 Å². The molecule has 0 amide bonds. The standard InChI is InChI=1S/C6H16B2O2.BH3O2/c1-5(2,9)6(3,10)4(7)8;2-1-3/h4,9-10H,7-8H2,1-3H3;1-3H. The normalized spacial score (nSPS) is 15.7. The van der Waals surface area contributed by atoms with Gasteiger partial charge in [0.05, 0.1) is 26.9 Å². The Morgan fingerprint density at radius 1 is 1.08 bits per heavy atom. The van der Waals surface area contributed by atoms with Crippen molar-refractivity contribution in [3.05, 3.63) is 0 Å². The van der Waals surface area contributed by atoms with Crippen LogP contribution in [0.4, 0.5) is 0 Å². The summed E-state index contributed by atoms with van der Waals surface area (Å²) in [6.45, 7) is 4.89. The van der Waals surface area contributed by atoms with Gasteiger partial charge in [-0.2, -0.15) is 0 Å². The molecule has 4 N–H and O–H groups in total. The molecule has 0 saturated carbocycles. The summed E-state index contributed by atoms with van der Waals surface area (Å²) >= 11 is 0. The fraction of sp³-hybridized carbons (Fsp3) is 1.00. The smallest absolute Gasteiger partial charge is 0.430 e. The summed E-state index contributed by atoms with van der Waals surface area (Å²) in [4.78, 5) is 0. The summed E-state index contributed by atoms with van der Waals surface area (Å²) in [6.07, 6.45) is 0. The molecule has 7 heteroatoms. The van der Waals surface area contributed by atoms with Gasteiger partial charge in [0.15, 0.2) is 0 Å². The predicted molar refractivity (Wildman–Crippen MR) is 59.3 cm³/mol. The van der Waals surface area contributed by atoms with Crippen LogP contribution in [-0.2, 0) is 0 Å². The first-order valence-corrected chi connectivity index (χ1v) is 4.27. The maximum absolute atomic E-state index is 9.68. The summed E-state index contributed by atoms with van der Waals surface area (Å²) < 4.78 is 0. The summed E-state index contributed by atoms with van der Waals surface area (Å²) in [6, 6.07) is 0. The molecular weight excluding hydrogens is 168 g/mol. The monoisotopic (exact) mass is 188 g/mol. The average molecular weight is 188 g/mol. The Hall–Kier alpha value is 0.0348. The second-order valence-electron chi connectivity index (χ2n) is 4.00. The first-order valence-electron chi connectivity index (χ1n) is 4.27.